The average molecular weight is 367 g/mol. The minimum Gasteiger partial charge on any atom is -0.469 e. The van der Waals surface area contributed by atoms with E-state index in [4.69, 9.17) is 8.94 Å². The van der Waals surface area contributed by atoms with Crippen LogP contribution in [0, 0.1) is 6.92 Å². The summed E-state index contributed by atoms with van der Waals surface area (Å²) in [7, 11) is 1.93. The molecule has 0 aliphatic carbocycles. The molecule has 0 fully saturated rings. The zero-order valence-corrected chi connectivity index (χ0v) is 15.2. The van der Waals surface area contributed by atoms with Crippen LogP contribution in [0.5, 0.6) is 0 Å². The Balaban J connectivity index is 1.42. The van der Waals surface area contributed by atoms with E-state index < -0.39 is 0 Å². The van der Waals surface area contributed by atoms with Crippen LogP contribution in [0.4, 0.5) is 0 Å². The van der Waals surface area contributed by atoms with Gasteiger partial charge in [-0.2, -0.15) is 4.98 Å². The topological polar surface area (TPSA) is 82.8 Å². The zero-order valence-electron chi connectivity index (χ0n) is 14.4. The van der Waals surface area contributed by atoms with Gasteiger partial charge in [-0.15, -0.1) is 10.2 Å². The van der Waals surface area contributed by atoms with Crippen LogP contribution in [0.1, 0.15) is 23.0 Å². The van der Waals surface area contributed by atoms with Crippen molar-refractivity contribution in [1.82, 2.24) is 24.9 Å². The second kappa shape index (κ2) is 7.17. The molecule has 8 heteroatoms. The van der Waals surface area contributed by atoms with E-state index in [-0.39, 0.29) is 0 Å². The van der Waals surface area contributed by atoms with Gasteiger partial charge in [0.05, 0.1) is 17.6 Å². The molecule has 1 aromatic carbocycles. The molecule has 0 spiro atoms. The molecule has 0 atom stereocenters. The van der Waals surface area contributed by atoms with E-state index in [1.54, 1.807) is 6.26 Å². The Morgan fingerprint density at radius 1 is 1.12 bits per heavy atom. The molecule has 0 radical (unpaired) electrons. The highest BCUT2D eigenvalue weighted by Gasteiger charge is 2.16. The van der Waals surface area contributed by atoms with Crippen molar-refractivity contribution in [2.45, 2.75) is 24.3 Å². The molecule has 7 nitrogen and oxygen atoms in total. The quantitative estimate of drug-likeness (QED) is 0.481. The molecule has 0 bridgehead atoms. The highest BCUT2D eigenvalue weighted by atomic mass is 32.2. The third kappa shape index (κ3) is 3.41. The van der Waals surface area contributed by atoms with E-state index in [0.717, 1.165) is 27.9 Å². The highest BCUT2D eigenvalue weighted by Crippen LogP contribution is 2.27. The van der Waals surface area contributed by atoms with Gasteiger partial charge in [0.1, 0.15) is 5.76 Å². The van der Waals surface area contributed by atoms with Crippen molar-refractivity contribution >= 4 is 11.8 Å². The number of aromatic nitrogens is 5. The Morgan fingerprint density at radius 3 is 2.73 bits per heavy atom. The molecule has 3 heterocycles. The second-order valence-corrected chi connectivity index (χ2v) is 6.75. The molecule has 0 aliphatic heterocycles. The third-order valence-corrected chi connectivity index (χ3v) is 4.98. The van der Waals surface area contributed by atoms with Crippen LogP contribution in [0.3, 0.4) is 0 Å². The van der Waals surface area contributed by atoms with E-state index in [1.165, 1.54) is 11.8 Å². The summed E-state index contributed by atoms with van der Waals surface area (Å²) in [5, 5.41) is 13.3. The lowest BCUT2D eigenvalue weighted by Gasteiger charge is -2.01. The number of aryl methyl sites for hydroxylation is 1. The van der Waals surface area contributed by atoms with Gasteiger partial charge in [0.2, 0.25) is 5.89 Å². The molecule has 0 N–H and O–H groups in total. The van der Waals surface area contributed by atoms with Crippen molar-refractivity contribution in [3.05, 3.63) is 65.7 Å². The van der Waals surface area contributed by atoms with Crippen LogP contribution >= 0.6 is 11.8 Å². The van der Waals surface area contributed by atoms with Crippen molar-refractivity contribution in [3.8, 4) is 11.4 Å². The standard InChI is InChI=1S/C18H17N5O2S/c1-12-14(8-9-24-12)17-20-21-18(23(17)2)26-11-16-19-15(22-25-16)10-13-6-4-3-5-7-13/h3-9H,10-11H2,1-2H3. The summed E-state index contributed by atoms with van der Waals surface area (Å²) in [4.78, 5) is 4.45. The molecule has 0 unspecified atom stereocenters. The first-order valence-electron chi connectivity index (χ1n) is 8.13. The fraction of sp³-hybridized carbons (Fsp3) is 0.222. The van der Waals surface area contributed by atoms with Crippen LogP contribution in [-0.2, 0) is 19.2 Å². The third-order valence-electron chi connectivity index (χ3n) is 3.97. The van der Waals surface area contributed by atoms with E-state index >= 15 is 0 Å². The summed E-state index contributed by atoms with van der Waals surface area (Å²) in [5.41, 5.74) is 2.09. The summed E-state index contributed by atoms with van der Waals surface area (Å²) >= 11 is 1.51. The number of thioether (sulfide) groups is 1. The van der Waals surface area contributed by atoms with Gasteiger partial charge >= 0.3 is 0 Å². The van der Waals surface area contributed by atoms with Gasteiger partial charge in [0, 0.05) is 13.5 Å². The monoisotopic (exact) mass is 367 g/mol. The van der Waals surface area contributed by atoms with Crippen LogP contribution in [0.25, 0.3) is 11.4 Å². The number of rotatable bonds is 6. The normalized spacial score (nSPS) is 11.2. The number of hydrogen-bond acceptors (Lipinski definition) is 7. The maximum Gasteiger partial charge on any atom is 0.237 e. The molecule has 3 aromatic heterocycles. The molecule has 4 rings (SSSR count). The van der Waals surface area contributed by atoms with Crippen molar-refractivity contribution in [1.29, 1.82) is 0 Å². The Bertz CT molecular complexity index is 1010. The minimum atomic E-state index is 0.540. The molecule has 132 valence electrons. The Labute approximate surface area is 154 Å². The summed E-state index contributed by atoms with van der Waals surface area (Å²) in [5.74, 6) is 3.39. The molecule has 0 saturated carbocycles. The predicted molar refractivity (Wildman–Crippen MR) is 96.5 cm³/mol. The fourth-order valence-corrected chi connectivity index (χ4v) is 3.37. The second-order valence-electron chi connectivity index (χ2n) is 5.81. The van der Waals surface area contributed by atoms with E-state index in [0.29, 0.717) is 23.9 Å². The van der Waals surface area contributed by atoms with Crippen molar-refractivity contribution in [3.63, 3.8) is 0 Å². The minimum absolute atomic E-state index is 0.540. The van der Waals surface area contributed by atoms with Crippen LogP contribution in [0.2, 0.25) is 0 Å². The fourth-order valence-electron chi connectivity index (χ4n) is 2.62. The maximum absolute atomic E-state index is 5.34. The first kappa shape index (κ1) is 16.6. The largest absolute Gasteiger partial charge is 0.469 e. The molecule has 4 aromatic rings. The zero-order chi connectivity index (χ0) is 17.9. The summed E-state index contributed by atoms with van der Waals surface area (Å²) in [6.07, 6.45) is 2.31. The summed E-state index contributed by atoms with van der Waals surface area (Å²) in [6, 6.07) is 12.0. The molecule has 0 saturated heterocycles. The maximum atomic E-state index is 5.34. The number of benzene rings is 1. The number of furan rings is 1. The van der Waals surface area contributed by atoms with Gasteiger partial charge in [0.25, 0.3) is 0 Å². The van der Waals surface area contributed by atoms with E-state index in [2.05, 4.69) is 20.3 Å². The molecular weight excluding hydrogens is 350 g/mol. The first-order chi connectivity index (χ1) is 12.7. The van der Waals surface area contributed by atoms with Gasteiger partial charge in [0.15, 0.2) is 16.8 Å². The summed E-state index contributed by atoms with van der Waals surface area (Å²) < 4.78 is 12.6. The Kier molecular flexibility index (Phi) is 4.57. The van der Waals surface area contributed by atoms with Gasteiger partial charge in [-0.3, -0.25) is 0 Å². The molecular formula is C18H17N5O2S. The van der Waals surface area contributed by atoms with Gasteiger partial charge in [-0.05, 0) is 18.6 Å². The lowest BCUT2D eigenvalue weighted by Crippen LogP contribution is -1.95. The van der Waals surface area contributed by atoms with Crippen LogP contribution in [0.15, 0.2) is 56.8 Å². The van der Waals surface area contributed by atoms with Crippen molar-refractivity contribution in [2.24, 2.45) is 7.05 Å². The first-order valence-corrected chi connectivity index (χ1v) is 9.11. The smallest absolute Gasteiger partial charge is 0.237 e. The highest BCUT2D eigenvalue weighted by molar-refractivity contribution is 7.98. The summed E-state index contributed by atoms with van der Waals surface area (Å²) in [6.45, 7) is 1.91. The molecule has 0 aliphatic rings. The lowest BCUT2D eigenvalue weighted by molar-refractivity contribution is 0.385. The molecule has 0 amide bonds. The van der Waals surface area contributed by atoms with Crippen molar-refractivity contribution < 1.29 is 8.94 Å². The van der Waals surface area contributed by atoms with Gasteiger partial charge < -0.3 is 13.5 Å². The average Bonchev–Trinajstić information content (AvgIpc) is 3.35. The van der Waals surface area contributed by atoms with E-state index in [1.807, 2.05) is 54.9 Å². The predicted octanol–water partition coefficient (Wildman–Crippen LogP) is 3.65. The van der Waals surface area contributed by atoms with Crippen LogP contribution < -0.4 is 0 Å². The van der Waals surface area contributed by atoms with Gasteiger partial charge in [-0.1, -0.05) is 47.3 Å². The van der Waals surface area contributed by atoms with Crippen LogP contribution in [-0.4, -0.2) is 24.9 Å². The lowest BCUT2D eigenvalue weighted by atomic mass is 10.1. The molecule has 26 heavy (non-hydrogen) atoms. The Hall–Kier alpha value is -2.87. The number of hydrogen-bond donors (Lipinski definition) is 0. The van der Waals surface area contributed by atoms with E-state index in [9.17, 15) is 0 Å². The Morgan fingerprint density at radius 2 is 1.96 bits per heavy atom. The van der Waals surface area contributed by atoms with Crippen molar-refractivity contribution in [2.75, 3.05) is 0 Å². The number of nitrogens with zero attached hydrogens (tertiary/aromatic N) is 5. The SMILES string of the molecule is Cc1occc1-c1nnc(SCc2nc(Cc3ccccc3)no2)n1C. The van der Waals surface area contributed by atoms with Gasteiger partial charge in [-0.25, -0.2) is 0 Å².